The van der Waals surface area contributed by atoms with Gasteiger partial charge in [-0.2, -0.15) is 18.2 Å². The fourth-order valence-electron chi connectivity index (χ4n) is 8.36. The molecular formula is C41H54F3N5O10S. The largest absolute Gasteiger partial charge is 0.497 e. The average Bonchev–Trinajstić information content (AvgIpc) is 4.04. The Kier molecular flexibility index (Phi) is 12.1. The quantitative estimate of drug-likeness (QED) is 0.253. The lowest BCUT2D eigenvalue weighted by molar-refractivity contribution is -0.222. The molecule has 4 amide bonds. The number of carbonyl (C=O) groups is 4. The number of hydrogen-bond acceptors (Lipinski definition) is 10. The van der Waals surface area contributed by atoms with Crippen molar-refractivity contribution in [1.82, 2.24) is 24.8 Å². The molecule has 4 aliphatic rings. The van der Waals surface area contributed by atoms with Crippen LogP contribution in [-0.2, 0) is 24.4 Å². The maximum atomic E-state index is 15.1. The molecule has 2 aromatic rings. The number of allylic oxidation sites excluding steroid dienone is 1. The van der Waals surface area contributed by atoms with Gasteiger partial charge in [-0.15, -0.1) is 0 Å². The maximum Gasteiger partial charge on any atom is 0.411 e. The number of halogens is 3. The predicted octanol–water partition coefficient (Wildman–Crippen LogP) is 5.57. The molecule has 15 nitrogen and oxygen atoms in total. The van der Waals surface area contributed by atoms with Crippen LogP contribution in [0.3, 0.4) is 0 Å². The molecule has 2 aliphatic heterocycles. The third-order valence-electron chi connectivity index (χ3n) is 12.5. The summed E-state index contributed by atoms with van der Waals surface area (Å²) in [7, 11) is -2.63. The van der Waals surface area contributed by atoms with Crippen LogP contribution in [-0.4, -0.2) is 113 Å². The van der Waals surface area contributed by atoms with Gasteiger partial charge in [0.25, 0.3) is 5.91 Å². The van der Waals surface area contributed by atoms with E-state index in [4.69, 9.17) is 14.2 Å². The van der Waals surface area contributed by atoms with E-state index in [0.29, 0.717) is 56.1 Å². The van der Waals surface area contributed by atoms with E-state index in [9.17, 15) is 41.1 Å². The lowest BCUT2D eigenvalue weighted by Gasteiger charge is -2.45. The fraction of sp³-hybridized carbons (Fsp3) is 0.634. The van der Waals surface area contributed by atoms with Crippen LogP contribution >= 0.6 is 0 Å². The van der Waals surface area contributed by atoms with Crippen molar-refractivity contribution in [2.45, 2.75) is 127 Å². The number of alkyl halides is 3. The molecule has 7 atom stereocenters. The number of hydrogen-bond donors (Lipinski definition) is 3. The summed E-state index contributed by atoms with van der Waals surface area (Å²) in [6.07, 6.45) is -2.98. The molecule has 0 unspecified atom stereocenters. The van der Waals surface area contributed by atoms with Crippen molar-refractivity contribution in [2.75, 3.05) is 20.3 Å². The summed E-state index contributed by atoms with van der Waals surface area (Å²) in [5.74, 6) is -3.90. The molecule has 2 saturated carbocycles. The molecule has 3 N–H and O–H groups in total. The number of carboxylic acid groups (broad SMARTS) is 1. The molecular weight excluding hydrogens is 812 g/mol. The number of rotatable bonds is 10. The first kappa shape index (κ1) is 44.7. The van der Waals surface area contributed by atoms with Gasteiger partial charge in [0, 0.05) is 23.8 Å². The van der Waals surface area contributed by atoms with E-state index in [1.807, 2.05) is 6.92 Å². The molecule has 3 fully saturated rings. The van der Waals surface area contributed by atoms with Crippen molar-refractivity contribution in [2.24, 2.45) is 17.8 Å². The van der Waals surface area contributed by atoms with Gasteiger partial charge in [-0.1, -0.05) is 26.0 Å². The smallest absolute Gasteiger partial charge is 0.411 e. The van der Waals surface area contributed by atoms with Crippen LogP contribution < -0.4 is 24.2 Å². The monoisotopic (exact) mass is 865 g/mol. The number of aromatic nitrogens is 1. The zero-order chi connectivity index (χ0) is 44.2. The SMILES string of the molecule is CCOc1cc2cc(OC)ccc2c(O[C@@H]2C[C@H]3C(=O)N[C@]4(C(=O)NS(=O)(=O)C5(C)CC5)C[C@H]4/C=C\CC[C@@H](C)C[C@@H](C)[C@H](N(C(=O)O)C(C)(C)C(F)(F)F)C(=O)N3C2)n1. The van der Waals surface area contributed by atoms with Gasteiger partial charge in [0.1, 0.15) is 35.0 Å². The number of sulfonamides is 1. The Bertz CT molecular complexity index is 2160. The van der Waals surface area contributed by atoms with E-state index in [2.05, 4.69) is 15.0 Å². The van der Waals surface area contributed by atoms with Crippen LogP contribution in [0.1, 0.15) is 86.5 Å². The highest BCUT2D eigenvalue weighted by molar-refractivity contribution is 7.91. The molecule has 2 aliphatic carbocycles. The molecule has 0 radical (unpaired) electrons. The van der Waals surface area contributed by atoms with Gasteiger partial charge in [0.15, 0.2) is 0 Å². The molecule has 19 heteroatoms. The number of nitrogens with one attached hydrogen (secondary N) is 2. The number of methoxy groups -OCH3 is 1. The number of fused-ring (bicyclic) bond motifs is 3. The minimum atomic E-state index is -5.11. The Hall–Kier alpha value is -4.81. The van der Waals surface area contributed by atoms with E-state index in [1.165, 1.54) is 21.0 Å². The minimum absolute atomic E-state index is 0.0409. The fourth-order valence-corrected chi connectivity index (χ4v) is 9.67. The molecule has 1 saturated heterocycles. The van der Waals surface area contributed by atoms with Crippen LogP contribution in [0, 0.1) is 17.8 Å². The topological polar surface area (TPSA) is 194 Å². The van der Waals surface area contributed by atoms with Crippen molar-refractivity contribution < 1.29 is 60.1 Å². The molecule has 3 heterocycles. The number of ether oxygens (including phenoxy) is 3. The lowest BCUT2D eigenvalue weighted by Crippen LogP contribution is -2.66. The number of amides is 4. The summed E-state index contributed by atoms with van der Waals surface area (Å²) < 4.78 is 89.2. The average molecular weight is 866 g/mol. The highest BCUT2D eigenvalue weighted by Crippen LogP contribution is 2.48. The maximum absolute atomic E-state index is 15.1. The predicted molar refractivity (Wildman–Crippen MR) is 213 cm³/mol. The van der Waals surface area contributed by atoms with Crippen molar-refractivity contribution in [3.63, 3.8) is 0 Å². The molecule has 60 heavy (non-hydrogen) atoms. The second-order valence-electron chi connectivity index (χ2n) is 17.4. The van der Waals surface area contributed by atoms with Crippen LogP contribution in [0.4, 0.5) is 18.0 Å². The Morgan fingerprint density at radius 1 is 1.13 bits per heavy atom. The van der Waals surface area contributed by atoms with Gasteiger partial charge in [0.05, 0.1) is 25.0 Å². The Balaban J connectivity index is 1.44. The van der Waals surface area contributed by atoms with Crippen LogP contribution in [0.2, 0.25) is 0 Å². The molecule has 330 valence electrons. The van der Waals surface area contributed by atoms with E-state index < -0.39 is 85.9 Å². The summed E-state index contributed by atoms with van der Waals surface area (Å²) in [6, 6.07) is 3.36. The number of pyridine rings is 1. The molecule has 1 aromatic carbocycles. The second-order valence-corrected chi connectivity index (χ2v) is 19.6. The van der Waals surface area contributed by atoms with E-state index in [0.717, 1.165) is 4.90 Å². The zero-order valence-corrected chi connectivity index (χ0v) is 35.6. The van der Waals surface area contributed by atoms with Gasteiger partial charge in [0.2, 0.25) is 33.6 Å². The first-order valence-electron chi connectivity index (χ1n) is 20.2. The Morgan fingerprint density at radius 3 is 2.45 bits per heavy atom. The van der Waals surface area contributed by atoms with E-state index in [1.54, 1.807) is 43.3 Å². The third kappa shape index (κ3) is 8.55. The summed E-state index contributed by atoms with van der Waals surface area (Å²) in [4.78, 5) is 62.4. The highest BCUT2D eigenvalue weighted by atomic mass is 32.2. The van der Waals surface area contributed by atoms with Crippen LogP contribution in [0.5, 0.6) is 17.5 Å². The van der Waals surface area contributed by atoms with Crippen molar-refractivity contribution in [3.05, 3.63) is 36.4 Å². The third-order valence-corrected chi connectivity index (χ3v) is 14.7. The first-order chi connectivity index (χ1) is 28.0. The summed E-state index contributed by atoms with van der Waals surface area (Å²) in [5.41, 5.74) is -4.78. The van der Waals surface area contributed by atoms with Crippen LogP contribution in [0.15, 0.2) is 36.4 Å². The summed E-state index contributed by atoms with van der Waals surface area (Å²) in [6.45, 7) is 7.89. The number of benzene rings is 1. The van der Waals surface area contributed by atoms with Gasteiger partial charge >= 0.3 is 12.3 Å². The number of carbonyl (C=O) groups excluding carboxylic acids is 3. The van der Waals surface area contributed by atoms with E-state index >= 15 is 4.79 Å². The van der Waals surface area contributed by atoms with Gasteiger partial charge in [-0.05, 0) is 102 Å². The van der Waals surface area contributed by atoms with Gasteiger partial charge in [-0.25, -0.2) is 13.2 Å². The van der Waals surface area contributed by atoms with Crippen molar-refractivity contribution in [1.29, 1.82) is 0 Å². The molecule has 1 aromatic heterocycles. The molecule has 0 bridgehead atoms. The summed E-state index contributed by atoms with van der Waals surface area (Å²) in [5, 5.41) is 14.4. The number of nitrogens with zero attached hydrogens (tertiary/aromatic N) is 3. The Morgan fingerprint density at radius 2 is 1.83 bits per heavy atom. The van der Waals surface area contributed by atoms with Crippen molar-refractivity contribution >= 4 is 44.6 Å². The lowest BCUT2D eigenvalue weighted by atomic mass is 9.85. The zero-order valence-electron chi connectivity index (χ0n) is 34.8. The van der Waals surface area contributed by atoms with Crippen LogP contribution in [0.25, 0.3) is 10.8 Å². The highest BCUT2D eigenvalue weighted by Gasteiger charge is 2.64. The second kappa shape index (κ2) is 16.2. The normalized spacial score (nSPS) is 28.9. The Labute approximate surface area is 347 Å². The van der Waals surface area contributed by atoms with Gasteiger partial charge in [-0.3, -0.25) is 24.0 Å². The van der Waals surface area contributed by atoms with Gasteiger partial charge < -0.3 is 29.5 Å². The van der Waals surface area contributed by atoms with Crippen molar-refractivity contribution in [3.8, 4) is 17.5 Å². The summed E-state index contributed by atoms with van der Waals surface area (Å²) >= 11 is 0. The first-order valence-corrected chi connectivity index (χ1v) is 21.7. The van der Waals surface area contributed by atoms with E-state index in [-0.39, 0.29) is 55.0 Å². The molecule has 0 spiro atoms. The molecule has 6 rings (SSSR count). The minimum Gasteiger partial charge on any atom is -0.497 e. The standard InChI is InChI=1S/C41H54F3N5O10S/c1-8-58-31-19-25-18-27(57-7)13-14-29(25)34(45-31)59-28-20-30-33(50)46-40(36(52)47-60(55,56)39(6)15-16-39)21-26(40)12-10-9-11-23(2)17-24(3)32(35(51)48(30)22-28)49(37(53)54)38(4,5)41(42,43)44/h10,12-14,18-19,23-24,26,28,30,32H,8-9,11,15-17,20-22H2,1-7H3,(H,46,50)(H,47,52)(H,53,54)/b12-10-/t23-,24-,26-,28-,30+,32+,40-/m1/s1.